The first kappa shape index (κ1) is 22.7. The molecule has 2 aromatic rings. The molecule has 0 unspecified atom stereocenters. The van der Waals surface area contributed by atoms with Gasteiger partial charge in [-0.1, -0.05) is 42.5 Å². The second-order valence-electron chi connectivity index (χ2n) is 6.40. The maximum atomic E-state index is 12.5. The van der Waals surface area contributed by atoms with Crippen LogP contribution in [0.3, 0.4) is 0 Å². The van der Waals surface area contributed by atoms with Crippen molar-refractivity contribution in [3.8, 4) is 5.75 Å². The number of alkyl carbamates (subject to hydrolysis) is 1. The summed E-state index contributed by atoms with van der Waals surface area (Å²) in [4.78, 5) is 36.5. The fraction of sp³-hybridized carbons (Fsp3) is 0.286. The van der Waals surface area contributed by atoms with Crippen molar-refractivity contribution in [2.24, 2.45) is 0 Å². The van der Waals surface area contributed by atoms with Gasteiger partial charge in [0.1, 0.15) is 24.4 Å². The van der Waals surface area contributed by atoms with Gasteiger partial charge in [0.05, 0.1) is 13.7 Å². The number of aliphatic hydroxyl groups excluding tert-OH is 1. The Morgan fingerprint density at radius 2 is 1.60 bits per heavy atom. The van der Waals surface area contributed by atoms with Crippen molar-refractivity contribution in [2.45, 2.75) is 25.1 Å². The lowest BCUT2D eigenvalue weighted by Crippen LogP contribution is -2.54. The second kappa shape index (κ2) is 11.4. The summed E-state index contributed by atoms with van der Waals surface area (Å²) in [6, 6.07) is 12.7. The van der Waals surface area contributed by atoms with Crippen LogP contribution in [0.4, 0.5) is 4.79 Å². The molecule has 160 valence electrons. The van der Waals surface area contributed by atoms with Gasteiger partial charge >= 0.3 is 12.1 Å². The average Bonchev–Trinajstić information content (AvgIpc) is 2.77. The smallest absolute Gasteiger partial charge is 0.408 e. The number of hydrogen-bond donors (Lipinski definition) is 4. The summed E-state index contributed by atoms with van der Waals surface area (Å²) in [5.74, 6) is -1.40. The van der Waals surface area contributed by atoms with Gasteiger partial charge in [0, 0.05) is 6.42 Å². The van der Waals surface area contributed by atoms with Gasteiger partial charge in [0.2, 0.25) is 5.91 Å². The van der Waals surface area contributed by atoms with Crippen LogP contribution in [-0.4, -0.2) is 54.0 Å². The molecule has 0 aromatic heterocycles. The molecule has 0 heterocycles. The summed E-state index contributed by atoms with van der Waals surface area (Å²) < 4.78 is 9.75. The van der Waals surface area contributed by atoms with Gasteiger partial charge in [-0.15, -0.1) is 0 Å². The fourth-order valence-corrected chi connectivity index (χ4v) is 2.58. The second-order valence-corrected chi connectivity index (χ2v) is 6.40. The van der Waals surface area contributed by atoms with Gasteiger partial charge in [0.25, 0.3) is 0 Å². The van der Waals surface area contributed by atoms with E-state index in [1.807, 2.05) is 6.07 Å². The third kappa shape index (κ3) is 7.10. The molecule has 0 aliphatic rings. The lowest BCUT2D eigenvalue weighted by Gasteiger charge is -2.21. The van der Waals surface area contributed by atoms with Crippen LogP contribution in [-0.2, 0) is 32.1 Å². The highest BCUT2D eigenvalue weighted by Crippen LogP contribution is 2.12. The first-order chi connectivity index (χ1) is 14.4. The van der Waals surface area contributed by atoms with E-state index in [-0.39, 0.29) is 18.8 Å². The number of carbonyl (C=O) groups is 3. The molecule has 9 nitrogen and oxygen atoms in total. The number of benzene rings is 2. The summed E-state index contributed by atoms with van der Waals surface area (Å²) in [7, 11) is 1.18. The van der Waals surface area contributed by atoms with E-state index in [9.17, 15) is 24.6 Å². The molecule has 0 saturated carbocycles. The van der Waals surface area contributed by atoms with Crippen LogP contribution in [0.2, 0.25) is 0 Å². The van der Waals surface area contributed by atoms with Crippen LogP contribution < -0.4 is 10.6 Å². The Hall–Kier alpha value is -3.59. The third-order valence-corrected chi connectivity index (χ3v) is 4.18. The minimum atomic E-state index is -1.32. The molecule has 2 amide bonds. The van der Waals surface area contributed by atoms with E-state index in [0.717, 1.165) is 5.56 Å². The number of esters is 1. The summed E-state index contributed by atoms with van der Waals surface area (Å²) in [6.07, 6.45) is -0.795. The number of aliphatic hydroxyl groups is 1. The molecule has 0 bridgehead atoms. The van der Waals surface area contributed by atoms with Gasteiger partial charge < -0.3 is 30.3 Å². The van der Waals surface area contributed by atoms with Crippen LogP contribution in [0.5, 0.6) is 5.75 Å². The Balaban J connectivity index is 1.94. The standard InChI is InChI=1S/C21H24N2O7/c1-29-20(27)17(11-14-7-9-16(25)10-8-14)22-19(26)18(12-24)23-21(28)30-13-15-5-3-2-4-6-15/h2-10,17-18,24-25H,11-13H2,1H3,(H,22,26)(H,23,28)/t17-,18+/m0/s1. The van der Waals surface area contributed by atoms with Crippen LogP contribution in [0.25, 0.3) is 0 Å². The maximum Gasteiger partial charge on any atom is 0.408 e. The van der Waals surface area contributed by atoms with E-state index in [2.05, 4.69) is 10.6 Å². The molecule has 9 heteroatoms. The van der Waals surface area contributed by atoms with Crippen LogP contribution in [0.15, 0.2) is 54.6 Å². The predicted molar refractivity (Wildman–Crippen MR) is 106 cm³/mol. The molecular formula is C21H24N2O7. The zero-order chi connectivity index (χ0) is 21.9. The monoisotopic (exact) mass is 416 g/mol. The Kier molecular flexibility index (Phi) is 8.64. The van der Waals surface area contributed by atoms with E-state index in [0.29, 0.717) is 5.56 Å². The first-order valence-corrected chi connectivity index (χ1v) is 9.17. The minimum Gasteiger partial charge on any atom is -0.508 e. The molecule has 30 heavy (non-hydrogen) atoms. The SMILES string of the molecule is COC(=O)[C@H](Cc1ccc(O)cc1)NC(=O)[C@@H](CO)NC(=O)OCc1ccccc1. The molecular weight excluding hydrogens is 392 g/mol. The topological polar surface area (TPSA) is 134 Å². The van der Waals surface area contributed by atoms with E-state index in [4.69, 9.17) is 9.47 Å². The van der Waals surface area contributed by atoms with Crippen molar-refractivity contribution in [1.82, 2.24) is 10.6 Å². The number of phenolic OH excluding ortho intramolecular Hbond substituents is 1. The number of ether oxygens (including phenoxy) is 2. The van der Waals surface area contributed by atoms with E-state index < -0.39 is 36.7 Å². The first-order valence-electron chi connectivity index (χ1n) is 9.17. The highest BCUT2D eigenvalue weighted by molar-refractivity contribution is 5.89. The van der Waals surface area contributed by atoms with Crippen LogP contribution in [0.1, 0.15) is 11.1 Å². The molecule has 0 aliphatic heterocycles. The molecule has 0 spiro atoms. The number of phenols is 1. The lowest BCUT2D eigenvalue weighted by molar-refractivity contribution is -0.145. The van der Waals surface area contributed by atoms with Gasteiger partial charge in [0.15, 0.2) is 0 Å². The van der Waals surface area contributed by atoms with Crippen molar-refractivity contribution in [3.63, 3.8) is 0 Å². The summed E-state index contributed by atoms with van der Waals surface area (Å²) in [5, 5.41) is 23.6. The quantitative estimate of drug-likeness (QED) is 0.446. The zero-order valence-electron chi connectivity index (χ0n) is 16.4. The lowest BCUT2D eigenvalue weighted by atomic mass is 10.1. The number of carbonyl (C=O) groups excluding carboxylic acids is 3. The van der Waals surface area contributed by atoms with Gasteiger partial charge in [-0.2, -0.15) is 0 Å². The molecule has 2 rings (SSSR count). The third-order valence-electron chi connectivity index (χ3n) is 4.18. The Labute approximate surface area is 173 Å². The molecule has 0 saturated heterocycles. The average molecular weight is 416 g/mol. The Bertz CT molecular complexity index is 840. The normalized spacial score (nSPS) is 12.3. The number of amides is 2. The van der Waals surface area contributed by atoms with Crippen molar-refractivity contribution < 1.29 is 34.1 Å². The van der Waals surface area contributed by atoms with Gasteiger partial charge in [-0.05, 0) is 23.3 Å². The summed E-state index contributed by atoms with van der Waals surface area (Å²) >= 11 is 0. The van der Waals surface area contributed by atoms with Crippen LogP contribution >= 0.6 is 0 Å². The maximum absolute atomic E-state index is 12.5. The number of rotatable bonds is 9. The Morgan fingerprint density at radius 3 is 2.20 bits per heavy atom. The summed E-state index contributed by atoms with van der Waals surface area (Å²) in [5.41, 5.74) is 1.43. The zero-order valence-corrected chi connectivity index (χ0v) is 16.4. The Morgan fingerprint density at radius 1 is 0.933 bits per heavy atom. The molecule has 0 aliphatic carbocycles. The van der Waals surface area contributed by atoms with Crippen molar-refractivity contribution >= 4 is 18.0 Å². The van der Waals surface area contributed by atoms with Gasteiger partial charge in [-0.25, -0.2) is 9.59 Å². The van der Waals surface area contributed by atoms with Crippen molar-refractivity contribution in [3.05, 3.63) is 65.7 Å². The van der Waals surface area contributed by atoms with Crippen molar-refractivity contribution in [2.75, 3.05) is 13.7 Å². The highest BCUT2D eigenvalue weighted by Gasteiger charge is 2.27. The highest BCUT2D eigenvalue weighted by atomic mass is 16.5. The molecule has 2 aromatic carbocycles. The van der Waals surface area contributed by atoms with Crippen LogP contribution in [0, 0.1) is 0 Å². The molecule has 0 radical (unpaired) electrons. The number of methoxy groups -OCH3 is 1. The number of aromatic hydroxyl groups is 1. The van der Waals surface area contributed by atoms with Gasteiger partial charge in [-0.3, -0.25) is 4.79 Å². The van der Waals surface area contributed by atoms with E-state index in [1.54, 1.807) is 36.4 Å². The fourth-order valence-electron chi connectivity index (χ4n) is 2.58. The molecule has 4 N–H and O–H groups in total. The largest absolute Gasteiger partial charge is 0.508 e. The number of hydrogen-bond acceptors (Lipinski definition) is 7. The van der Waals surface area contributed by atoms with Crippen molar-refractivity contribution in [1.29, 1.82) is 0 Å². The predicted octanol–water partition coefficient (Wildman–Crippen LogP) is 0.880. The van der Waals surface area contributed by atoms with E-state index in [1.165, 1.54) is 19.2 Å². The van der Waals surface area contributed by atoms with E-state index >= 15 is 0 Å². The molecule has 2 atom stereocenters. The summed E-state index contributed by atoms with van der Waals surface area (Å²) in [6.45, 7) is -0.697. The number of nitrogens with one attached hydrogen (secondary N) is 2. The minimum absolute atomic E-state index is 0.00191. The molecule has 0 fully saturated rings.